The summed E-state index contributed by atoms with van der Waals surface area (Å²) in [7, 11) is 0. The minimum Gasteiger partial charge on any atom is -0.481 e. The van der Waals surface area contributed by atoms with Crippen molar-refractivity contribution >= 4 is 11.9 Å². The van der Waals surface area contributed by atoms with Gasteiger partial charge in [-0.1, -0.05) is 39.0 Å². The minimum atomic E-state index is -1.07. The molecule has 164 valence electrons. The molecule has 6 nitrogen and oxygen atoms in total. The fourth-order valence-corrected chi connectivity index (χ4v) is 5.24. The molecule has 0 aromatic heterocycles. The van der Waals surface area contributed by atoms with Crippen LogP contribution in [0, 0.1) is 35.5 Å². The van der Waals surface area contributed by atoms with Gasteiger partial charge in [0.05, 0.1) is 24.5 Å². The van der Waals surface area contributed by atoms with Gasteiger partial charge in [-0.3, -0.25) is 9.59 Å². The van der Waals surface area contributed by atoms with Crippen molar-refractivity contribution in [1.29, 1.82) is 0 Å². The van der Waals surface area contributed by atoms with Crippen molar-refractivity contribution in [2.24, 2.45) is 35.5 Å². The average molecular weight is 409 g/mol. The molecule has 6 heteroatoms. The number of carboxylic acid groups (broad SMARTS) is 2. The molecule has 0 aromatic carbocycles. The predicted octanol–water partition coefficient (Wildman–Crippen LogP) is 3.48. The fraction of sp³-hybridized carbons (Fsp3) is 0.739. The molecule has 2 aliphatic rings. The van der Waals surface area contributed by atoms with E-state index in [2.05, 4.69) is 32.1 Å². The molecule has 8 atom stereocenters. The monoisotopic (exact) mass is 408 g/mol. The highest BCUT2D eigenvalue weighted by Gasteiger charge is 2.40. The summed E-state index contributed by atoms with van der Waals surface area (Å²) in [5, 5.41) is 38.2. The lowest BCUT2D eigenvalue weighted by Crippen LogP contribution is -2.37. The highest BCUT2D eigenvalue weighted by Crippen LogP contribution is 2.48. The van der Waals surface area contributed by atoms with Crippen molar-refractivity contribution in [2.45, 2.75) is 71.5 Å². The molecule has 0 fully saturated rings. The Bertz CT molecular complexity index is 639. The van der Waals surface area contributed by atoms with Crippen LogP contribution in [-0.2, 0) is 9.59 Å². The highest BCUT2D eigenvalue weighted by atomic mass is 16.4. The molecule has 0 unspecified atom stereocenters. The largest absolute Gasteiger partial charge is 0.481 e. The van der Waals surface area contributed by atoms with E-state index in [4.69, 9.17) is 5.11 Å². The molecule has 0 aliphatic heterocycles. The van der Waals surface area contributed by atoms with E-state index in [1.165, 1.54) is 5.57 Å². The molecular weight excluding hydrogens is 372 g/mol. The molecule has 0 aromatic rings. The number of carboxylic acids is 2. The third-order valence-electron chi connectivity index (χ3n) is 6.64. The van der Waals surface area contributed by atoms with Crippen LogP contribution in [0.3, 0.4) is 0 Å². The summed E-state index contributed by atoms with van der Waals surface area (Å²) in [5.74, 6) is -0.592. The number of fused-ring (bicyclic) bond motifs is 1. The first-order valence-electron chi connectivity index (χ1n) is 10.8. The Hall–Kier alpha value is -1.66. The van der Waals surface area contributed by atoms with Crippen LogP contribution in [0.25, 0.3) is 0 Å². The number of hydrogen-bond acceptors (Lipinski definition) is 4. The first kappa shape index (κ1) is 23.6. The zero-order valence-corrected chi connectivity index (χ0v) is 17.7. The molecule has 2 rings (SSSR count). The summed E-state index contributed by atoms with van der Waals surface area (Å²) >= 11 is 0. The van der Waals surface area contributed by atoms with Crippen molar-refractivity contribution in [1.82, 2.24) is 0 Å². The zero-order chi connectivity index (χ0) is 21.7. The summed E-state index contributed by atoms with van der Waals surface area (Å²) in [6.45, 7) is 6.12. The fourth-order valence-electron chi connectivity index (χ4n) is 5.24. The maximum absolute atomic E-state index is 11.4. The Morgan fingerprint density at radius 1 is 1.17 bits per heavy atom. The van der Waals surface area contributed by atoms with Gasteiger partial charge in [0, 0.05) is 0 Å². The lowest BCUT2D eigenvalue weighted by atomic mass is 9.60. The molecule has 29 heavy (non-hydrogen) atoms. The van der Waals surface area contributed by atoms with Gasteiger partial charge in [-0.15, -0.1) is 0 Å². The van der Waals surface area contributed by atoms with E-state index in [1.807, 2.05) is 0 Å². The SMILES string of the molecule is C[C@H](C[C@H]1C[C@@H](C)C=C2C=C[C@H](C)[C@H](CC[C@@H](O)C[C@@H](O)CC(=O)O)[C@H]21)C(=O)O. The smallest absolute Gasteiger partial charge is 0.306 e. The Morgan fingerprint density at radius 3 is 2.48 bits per heavy atom. The lowest BCUT2D eigenvalue weighted by Gasteiger charge is -2.44. The normalized spacial score (nSPS) is 32.0. The van der Waals surface area contributed by atoms with E-state index in [0.29, 0.717) is 36.5 Å². The Labute approximate surface area is 173 Å². The van der Waals surface area contributed by atoms with Gasteiger partial charge in [0.2, 0.25) is 0 Å². The van der Waals surface area contributed by atoms with Gasteiger partial charge in [0.1, 0.15) is 0 Å². The third-order valence-corrected chi connectivity index (χ3v) is 6.64. The lowest BCUT2D eigenvalue weighted by molar-refractivity contribution is -0.142. The first-order valence-corrected chi connectivity index (χ1v) is 10.8. The molecule has 2 aliphatic carbocycles. The van der Waals surface area contributed by atoms with Crippen LogP contribution in [0.2, 0.25) is 0 Å². The van der Waals surface area contributed by atoms with Crippen LogP contribution in [0.15, 0.2) is 23.8 Å². The molecule has 4 N–H and O–H groups in total. The maximum Gasteiger partial charge on any atom is 0.306 e. The second-order valence-corrected chi connectivity index (χ2v) is 9.24. The van der Waals surface area contributed by atoms with Gasteiger partial charge < -0.3 is 20.4 Å². The van der Waals surface area contributed by atoms with E-state index >= 15 is 0 Å². The number of aliphatic hydroxyl groups is 2. The molecule has 0 radical (unpaired) electrons. The molecule has 0 spiro atoms. The second-order valence-electron chi connectivity index (χ2n) is 9.24. The van der Waals surface area contributed by atoms with Crippen molar-refractivity contribution in [3.05, 3.63) is 23.8 Å². The highest BCUT2D eigenvalue weighted by molar-refractivity contribution is 5.69. The molecule has 0 saturated carbocycles. The van der Waals surface area contributed by atoms with Gasteiger partial charge in [-0.25, -0.2) is 0 Å². The third kappa shape index (κ3) is 6.68. The first-order chi connectivity index (χ1) is 13.6. The van der Waals surface area contributed by atoms with Crippen molar-refractivity contribution in [3.63, 3.8) is 0 Å². The van der Waals surface area contributed by atoms with Crippen molar-refractivity contribution < 1.29 is 30.0 Å². The Morgan fingerprint density at radius 2 is 1.86 bits per heavy atom. The van der Waals surface area contributed by atoms with E-state index in [1.54, 1.807) is 6.92 Å². The number of hydrogen-bond donors (Lipinski definition) is 4. The predicted molar refractivity (Wildman–Crippen MR) is 110 cm³/mol. The van der Waals surface area contributed by atoms with Crippen molar-refractivity contribution in [2.75, 3.05) is 0 Å². The van der Waals surface area contributed by atoms with Gasteiger partial charge in [-0.05, 0) is 67.3 Å². The van der Waals surface area contributed by atoms with Crippen LogP contribution in [0.1, 0.15) is 59.3 Å². The quantitative estimate of drug-likeness (QED) is 0.440. The van der Waals surface area contributed by atoms with Crippen LogP contribution in [0.4, 0.5) is 0 Å². The Balaban J connectivity index is 2.08. The standard InChI is InChI=1S/C23H36O6/c1-13-8-16-5-4-14(2)20(7-6-18(24)11-19(25)12-21(26)27)22(16)17(9-13)10-15(3)23(28)29/h4-5,8,13-15,17-20,22,24-25H,6-7,9-12H2,1-3H3,(H,26,27)(H,28,29)/t13-,14-,15+,17+,18+,19+,20-,22+/m0/s1. The van der Waals surface area contributed by atoms with Gasteiger partial charge >= 0.3 is 11.9 Å². The van der Waals surface area contributed by atoms with Gasteiger partial charge in [-0.2, -0.15) is 0 Å². The summed E-state index contributed by atoms with van der Waals surface area (Å²) < 4.78 is 0. The number of carbonyl (C=O) groups is 2. The number of rotatable bonds is 10. The van der Waals surface area contributed by atoms with Crippen molar-refractivity contribution in [3.8, 4) is 0 Å². The molecule has 0 amide bonds. The number of aliphatic hydroxyl groups excluding tert-OH is 2. The molecule has 0 bridgehead atoms. The van der Waals surface area contributed by atoms with Crippen LogP contribution in [0.5, 0.6) is 0 Å². The Kier molecular flexibility index (Phi) is 8.46. The molecular formula is C23H36O6. The number of allylic oxidation sites excluding steroid dienone is 4. The summed E-state index contributed by atoms with van der Waals surface area (Å²) in [6, 6.07) is 0. The van der Waals surface area contributed by atoms with Crippen LogP contribution < -0.4 is 0 Å². The zero-order valence-electron chi connectivity index (χ0n) is 17.7. The van der Waals surface area contributed by atoms with Crippen LogP contribution in [-0.4, -0.2) is 44.6 Å². The van der Waals surface area contributed by atoms with E-state index in [9.17, 15) is 24.9 Å². The molecule has 0 heterocycles. The van der Waals surface area contributed by atoms with Gasteiger partial charge in [0.25, 0.3) is 0 Å². The number of aliphatic carboxylic acids is 2. The second kappa shape index (κ2) is 10.4. The minimum absolute atomic E-state index is 0.0626. The van der Waals surface area contributed by atoms with Crippen LogP contribution >= 0.6 is 0 Å². The van der Waals surface area contributed by atoms with E-state index in [-0.39, 0.29) is 24.7 Å². The van der Waals surface area contributed by atoms with E-state index < -0.39 is 24.1 Å². The van der Waals surface area contributed by atoms with Gasteiger partial charge in [0.15, 0.2) is 0 Å². The van der Waals surface area contributed by atoms with E-state index in [0.717, 1.165) is 12.8 Å². The molecule has 0 saturated heterocycles. The average Bonchev–Trinajstić information content (AvgIpc) is 2.60. The maximum atomic E-state index is 11.4. The summed E-state index contributed by atoms with van der Waals surface area (Å²) in [6.07, 6.45) is 7.50. The summed E-state index contributed by atoms with van der Waals surface area (Å²) in [4.78, 5) is 22.1. The summed E-state index contributed by atoms with van der Waals surface area (Å²) in [5.41, 5.74) is 1.29. The topological polar surface area (TPSA) is 115 Å².